The highest BCUT2D eigenvalue weighted by atomic mass is 28.3. The quantitative estimate of drug-likeness (QED) is 0.614. The lowest BCUT2D eigenvalue weighted by Crippen LogP contribution is -2.23. The maximum absolute atomic E-state index is 12.1. The number of rotatable bonds is 4. The molecule has 0 aromatic carbocycles. The van der Waals surface area contributed by atoms with Crippen molar-refractivity contribution in [2.24, 2.45) is 5.92 Å². The van der Waals surface area contributed by atoms with Gasteiger partial charge in [-0.3, -0.25) is 0 Å². The van der Waals surface area contributed by atoms with Gasteiger partial charge in [-0.05, 0) is 12.8 Å². The zero-order valence-electron chi connectivity index (χ0n) is 8.70. The van der Waals surface area contributed by atoms with Gasteiger partial charge in [0.1, 0.15) is 0 Å². The van der Waals surface area contributed by atoms with Crippen LogP contribution in [0.1, 0.15) is 13.3 Å². The number of hydrogen-bond acceptors (Lipinski definition) is 0. The predicted molar refractivity (Wildman–Crippen MR) is 52.3 cm³/mol. The van der Waals surface area contributed by atoms with Crippen LogP contribution in [0.15, 0.2) is 0 Å². The molecule has 0 nitrogen and oxygen atoms in total. The number of hydrogen-bond donors (Lipinski definition) is 0. The lowest BCUT2D eigenvalue weighted by molar-refractivity contribution is -0.169. The lowest BCUT2D eigenvalue weighted by Gasteiger charge is -2.18. The maximum atomic E-state index is 12.1. The zero-order chi connectivity index (χ0) is 10.7. The summed E-state index contributed by atoms with van der Waals surface area (Å²) < 4.78 is 36.2. The topological polar surface area (TPSA) is 0 Å². The van der Waals surface area contributed by atoms with Gasteiger partial charge in [0.05, 0.1) is 5.92 Å². The molecule has 1 unspecified atom stereocenters. The fourth-order valence-corrected chi connectivity index (χ4v) is 1.93. The van der Waals surface area contributed by atoms with Crippen molar-refractivity contribution in [3.8, 4) is 0 Å². The predicted octanol–water partition coefficient (Wildman–Crippen LogP) is 4.12. The van der Waals surface area contributed by atoms with E-state index in [0.29, 0.717) is 0 Å². The Kier molecular flexibility index (Phi) is 4.49. The molecule has 0 saturated carbocycles. The average Bonchev–Trinajstić information content (AvgIpc) is 1.82. The third-order valence-corrected chi connectivity index (χ3v) is 3.35. The Bertz CT molecular complexity index is 146. The van der Waals surface area contributed by atoms with Crippen LogP contribution in [0.25, 0.3) is 0 Å². The van der Waals surface area contributed by atoms with Gasteiger partial charge in [0.25, 0.3) is 0 Å². The molecule has 0 heterocycles. The van der Waals surface area contributed by atoms with Crippen LogP contribution in [0.3, 0.4) is 0 Å². The minimum Gasteiger partial charge on any atom is -0.171 e. The molecule has 79 valence electrons. The van der Waals surface area contributed by atoms with Gasteiger partial charge in [0.2, 0.25) is 0 Å². The lowest BCUT2D eigenvalue weighted by atomic mass is 10.1. The summed E-state index contributed by atoms with van der Waals surface area (Å²) in [6, 6.07) is 0.868. The molecule has 1 atom stereocenters. The highest BCUT2D eigenvalue weighted by molar-refractivity contribution is 6.76. The highest BCUT2D eigenvalue weighted by Crippen LogP contribution is 2.30. The van der Waals surface area contributed by atoms with Gasteiger partial charge in [-0.25, -0.2) is 0 Å². The Morgan fingerprint density at radius 2 is 1.69 bits per heavy atom. The molecule has 0 aliphatic rings. The van der Waals surface area contributed by atoms with E-state index in [1.165, 1.54) is 6.92 Å². The molecule has 0 aliphatic heterocycles. The van der Waals surface area contributed by atoms with Crippen LogP contribution in [0.4, 0.5) is 13.2 Å². The fourth-order valence-electron chi connectivity index (χ4n) is 0.900. The van der Waals surface area contributed by atoms with Crippen molar-refractivity contribution in [2.45, 2.75) is 45.2 Å². The monoisotopic (exact) mass is 211 g/mol. The molecule has 0 amide bonds. The summed E-state index contributed by atoms with van der Waals surface area (Å²) in [5.74, 6) is -1.19. The van der Waals surface area contributed by atoms with E-state index >= 15 is 0 Å². The van der Waals surface area contributed by atoms with Crippen molar-refractivity contribution in [3.05, 3.63) is 6.42 Å². The molecular weight excluding hydrogens is 193 g/mol. The van der Waals surface area contributed by atoms with Crippen LogP contribution in [0.5, 0.6) is 0 Å². The zero-order valence-corrected chi connectivity index (χ0v) is 9.70. The molecule has 0 aromatic rings. The van der Waals surface area contributed by atoms with Gasteiger partial charge in [-0.1, -0.05) is 32.6 Å². The largest absolute Gasteiger partial charge is 0.391 e. The summed E-state index contributed by atoms with van der Waals surface area (Å²) in [5.41, 5.74) is 0. The van der Waals surface area contributed by atoms with E-state index in [1.54, 1.807) is 6.42 Å². The molecule has 13 heavy (non-hydrogen) atoms. The van der Waals surface area contributed by atoms with Gasteiger partial charge < -0.3 is 0 Å². The Morgan fingerprint density at radius 1 is 1.23 bits per heavy atom. The fraction of sp³-hybridized carbons (Fsp3) is 0.889. The van der Waals surface area contributed by atoms with Crippen molar-refractivity contribution in [2.75, 3.05) is 0 Å². The van der Waals surface area contributed by atoms with Gasteiger partial charge in [-0.15, -0.1) is 0 Å². The summed E-state index contributed by atoms with van der Waals surface area (Å²) in [7, 11) is -1.21. The number of halogens is 3. The van der Waals surface area contributed by atoms with E-state index in [2.05, 4.69) is 19.6 Å². The van der Waals surface area contributed by atoms with Gasteiger partial charge >= 0.3 is 6.18 Å². The van der Waals surface area contributed by atoms with Crippen molar-refractivity contribution >= 4 is 8.07 Å². The molecule has 0 spiro atoms. The first-order chi connectivity index (χ1) is 5.63. The van der Waals surface area contributed by atoms with Crippen molar-refractivity contribution in [1.82, 2.24) is 0 Å². The van der Waals surface area contributed by atoms with Crippen molar-refractivity contribution in [3.63, 3.8) is 0 Å². The first-order valence-electron chi connectivity index (χ1n) is 4.51. The summed E-state index contributed by atoms with van der Waals surface area (Å²) >= 11 is 0. The molecule has 1 radical (unpaired) electrons. The molecule has 0 bridgehead atoms. The first kappa shape index (κ1) is 13.0. The van der Waals surface area contributed by atoms with E-state index in [-0.39, 0.29) is 6.42 Å². The van der Waals surface area contributed by atoms with E-state index in [0.717, 1.165) is 6.04 Å². The van der Waals surface area contributed by atoms with Crippen LogP contribution in [0, 0.1) is 12.3 Å². The highest BCUT2D eigenvalue weighted by Gasteiger charge is 2.35. The molecule has 4 heteroatoms. The normalized spacial score (nSPS) is 15.9. The van der Waals surface area contributed by atoms with E-state index in [1.807, 2.05) is 0 Å². The van der Waals surface area contributed by atoms with Gasteiger partial charge in [0.15, 0.2) is 0 Å². The van der Waals surface area contributed by atoms with E-state index in [9.17, 15) is 13.2 Å². The van der Waals surface area contributed by atoms with Crippen LogP contribution in [0.2, 0.25) is 25.7 Å². The molecule has 0 rings (SSSR count). The van der Waals surface area contributed by atoms with Gasteiger partial charge in [-0.2, -0.15) is 13.2 Å². The number of alkyl halides is 3. The van der Waals surface area contributed by atoms with Crippen LogP contribution in [-0.2, 0) is 0 Å². The minimum atomic E-state index is -4.03. The molecular formula is C9H18F3Si. The Hall–Kier alpha value is 0.00688. The Morgan fingerprint density at radius 3 is 2.00 bits per heavy atom. The van der Waals surface area contributed by atoms with E-state index < -0.39 is 20.2 Å². The van der Waals surface area contributed by atoms with Crippen LogP contribution in [-0.4, -0.2) is 14.3 Å². The minimum absolute atomic E-state index is 0.160. The first-order valence-corrected chi connectivity index (χ1v) is 8.22. The average molecular weight is 211 g/mol. The third kappa shape index (κ3) is 7.11. The van der Waals surface area contributed by atoms with Crippen molar-refractivity contribution < 1.29 is 13.2 Å². The SMILES string of the molecule is CC(C[CH]C[Si](C)(C)C)C(F)(F)F. The smallest absolute Gasteiger partial charge is 0.171 e. The van der Waals surface area contributed by atoms with Crippen LogP contribution < -0.4 is 0 Å². The molecule has 0 saturated heterocycles. The summed E-state index contributed by atoms with van der Waals surface area (Å²) in [5, 5.41) is 0. The molecule has 0 fully saturated rings. The maximum Gasteiger partial charge on any atom is 0.391 e. The Labute approximate surface area is 79.5 Å². The third-order valence-electron chi connectivity index (χ3n) is 1.84. The van der Waals surface area contributed by atoms with Crippen LogP contribution >= 0.6 is 0 Å². The van der Waals surface area contributed by atoms with E-state index in [4.69, 9.17) is 0 Å². The second kappa shape index (κ2) is 4.49. The molecule has 0 aromatic heterocycles. The molecule has 0 aliphatic carbocycles. The van der Waals surface area contributed by atoms with Gasteiger partial charge in [0, 0.05) is 8.07 Å². The standard InChI is InChI=1S/C9H18F3Si/c1-8(9(10,11)12)6-5-7-13(2,3)4/h5,8H,6-7H2,1-4H3. The molecule has 0 N–H and O–H groups in total. The van der Waals surface area contributed by atoms with Crippen molar-refractivity contribution in [1.29, 1.82) is 0 Å². The Balaban J connectivity index is 3.67. The summed E-state index contributed by atoms with van der Waals surface area (Å²) in [4.78, 5) is 0. The second-order valence-corrected chi connectivity index (χ2v) is 10.3. The summed E-state index contributed by atoms with van der Waals surface area (Å²) in [6.45, 7) is 7.70. The summed E-state index contributed by atoms with van der Waals surface area (Å²) in [6.07, 6.45) is -2.08. The second-order valence-electron chi connectivity index (χ2n) is 4.73.